The van der Waals surface area contributed by atoms with Crippen LogP contribution >= 0.6 is 0 Å². The number of fused-ring (bicyclic) bond motifs is 3. The summed E-state index contributed by atoms with van der Waals surface area (Å²) in [4.78, 5) is 32.5. The van der Waals surface area contributed by atoms with Gasteiger partial charge in [0.05, 0.1) is 17.5 Å². The van der Waals surface area contributed by atoms with Crippen LogP contribution in [0.5, 0.6) is 5.75 Å². The molecular weight excluding hydrogens is 500 g/mol. The van der Waals surface area contributed by atoms with Crippen molar-refractivity contribution in [2.24, 2.45) is 5.41 Å². The van der Waals surface area contributed by atoms with E-state index in [0.29, 0.717) is 42.8 Å². The zero-order valence-electron chi connectivity index (χ0n) is 22.3. The van der Waals surface area contributed by atoms with Crippen LogP contribution in [-0.4, -0.2) is 34.8 Å². The number of hydrogen-bond donors (Lipinski definition) is 1. The van der Waals surface area contributed by atoms with Crippen LogP contribution in [0, 0.1) is 17.0 Å². The molecule has 1 aliphatic carbocycles. The molecule has 3 heterocycles. The van der Waals surface area contributed by atoms with Gasteiger partial charge in [0.2, 0.25) is 11.8 Å². The predicted molar refractivity (Wildman–Crippen MR) is 142 cm³/mol. The number of likely N-dealkylation sites (tertiary alicyclic amines) is 1. The summed E-state index contributed by atoms with van der Waals surface area (Å²) in [6, 6.07) is 13.1. The maximum absolute atomic E-state index is 14.1. The van der Waals surface area contributed by atoms with Gasteiger partial charge in [-0.15, -0.1) is 0 Å². The number of amides is 2. The van der Waals surface area contributed by atoms with Crippen molar-refractivity contribution in [2.75, 3.05) is 18.5 Å². The van der Waals surface area contributed by atoms with Crippen LogP contribution in [0.4, 0.5) is 14.6 Å². The molecule has 1 N–H and O–H groups in total. The topological polar surface area (TPSA) is 71.5 Å². The van der Waals surface area contributed by atoms with Gasteiger partial charge in [-0.1, -0.05) is 26.0 Å². The molecule has 1 saturated heterocycles. The summed E-state index contributed by atoms with van der Waals surface area (Å²) < 4.78 is 34.4. The number of carbonyl (C=O) groups excluding carboxylic acids is 2. The number of halogens is 2. The zero-order valence-corrected chi connectivity index (χ0v) is 22.3. The maximum Gasteiger partial charge on any atom is 0.237 e. The highest BCUT2D eigenvalue weighted by molar-refractivity contribution is 6.06. The van der Waals surface area contributed by atoms with E-state index in [0.717, 1.165) is 22.8 Å². The van der Waals surface area contributed by atoms with Gasteiger partial charge in [0.1, 0.15) is 29.8 Å². The number of hydrogen-bond acceptors (Lipinski definition) is 4. The highest BCUT2D eigenvalue weighted by atomic mass is 19.1. The van der Waals surface area contributed by atoms with Crippen molar-refractivity contribution in [1.82, 2.24) is 9.88 Å². The van der Waals surface area contributed by atoms with Crippen molar-refractivity contribution < 1.29 is 23.1 Å². The molecule has 1 fully saturated rings. The van der Waals surface area contributed by atoms with Crippen molar-refractivity contribution in [3.8, 4) is 5.75 Å². The second kappa shape index (κ2) is 8.86. The van der Waals surface area contributed by atoms with Crippen molar-refractivity contribution in [3.63, 3.8) is 0 Å². The van der Waals surface area contributed by atoms with Gasteiger partial charge in [-0.25, -0.2) is 13.8 Å². The van der Waals surface area contributed by atoms with E-state index < -0.39 is 28.0 Å². The number of ether oxygens (including phenoxy) is 1. The number of carbonyl (C=O) groups is 2. The molecule has 1 aromatic heterocycles. The SMILES string of the molecule is CC1(C)CC[C@@](C)(c2cc(F)cc(F)c2)N(CCOc2ccc3c(c2)C[C@@]2(C3)C(=O)Nc3ncccc32)C1=O. The first kappa shape index (κ1) is 25.5. The largest absolute Gasteiger partial charge is 0.492 e. The fourth-order valence-electron chi connectivity index (χ4n) is 6.49. The first-order chi connectivity index (χ1) is 18.5. The monoisotopic (exact) mass is 531 g/mol. The van der Waals surface area contributed by atoms with Gasteiger partial charge >= 0.3 is 0 Å². The Hall–Kier alpha value is -3.81. The number of anilines is 1. The normalized spacial score (nSPS) is 25.0. The van der Waals surface area contributed by atoms with Gasteiger partial charge in [-0.05, 0) is 79.6 Å². The number of nitrogens with one attached hydrogen (secondary N) is 1. The fourth-order valence-corrected chi connectivity index (χ4v) is 6.49. The lowest BCUT2D eigenvalue weighted by Crippen LogP contribution is -2.57. The van der Waals surface area contributed by atoms with Crippen LogP contribution in [-0.2, 0) is 33.4 Å². The van der Waals surface area contributed by atoms with Crippen LogP contribution in [0.2, 0.25) is 0 Å². The lowest BCUT2D eigenvalue weighted by atomic mass is 9.72. The summed E-state index contributed by atoms with van der Waals surface area (Å²) in [6.07, 6.45) is 4.03. The minimum Gasteiger partial charge on any atom is -0.492 e. The molecule has 202 valence electrons. The molecule has 3 aliphatic rings. The van der Waals surface area contributed by atoms with E-state index >= 15 is 0 Å². The summed E-state index contributed by atoms with van der Waals surface area (Å²) >= 11 is 0. The van der Waals surface area contributed by atoms with E-state index in [1.54, 1.807) is 11.1 Å². The number of rotatable bonds is 5. The van der Waals surface area contributed by atoms with Gasteiger partial charge in [0.25, 0.3) is 0 Å². The van der Waals surface area contributed by atoms with Gasteiger partial charge in [-0.3, -0.25) is 9.59 Å². The van der Waals surface area contributed by atoms with Crippen LogP contribution in [0.1, 0.15) is 55.9 Å². The molecule has 2 aliphatic heterocycles. The highest BCUT2D eigenvalue weighted by Crippen LogP contribution is 2.47. The standard InChI is InChI=1S/C31H31F2N3O3/c1-29(2)8-9-30(3,21-14-22(32)16-23(33)15-21)36(28(29)38)11-12-39-24-7-6-19-17-31(18-20(19)13-24)25-5-4-10-34-26(25)35-27(31)37/h4-7,10,13-16H,8-9,11-12,17-18H2,1-3H3,(H,34,35,37)/t30-,31+/m0/s1. The number of pyridine rings is 1. The zero-order chi connectivity index (χ0) is 27.6. The second-order valence-electron chi connectivity index (χ2n) is 11.8. The van der Waals surface area contributed by atoms with Gasteiger partial charge in [0.15, 0.2) is 0 Å². The smallest absolute Gasteiger partial charge is 0.237 e. The molecule has 0 bridgehead atoms. The summed E-state index contributed by atoms with van der Waals surface area (Å²) in [5, 5.41) is 2.92. The lowest BCUT2D eigenvalue weighted by Gasteiger charge is -2.50. The molecule has 2 atom stereocenters. The number of piperidine rings is 1. The molecule has 6 rings (SSSR count). The summed E-state index contributed by atoms with van der Waals surface area (Å²) in [6.45, 7) is 6.14. The molecule has 1 spiro atoms. The molecule has 8 heteroatoms. The Bertz CT molecular complexity index is 1490. The van der Waals surface area contributed by atoms with Gasteiger partial charge < -0.3 is 15.0 Å². The second-order valence-corrected chi connectivity index (χ2v) is 11.8. The van der Waals surface area contributed by atoms with E-state index in [9.17, 15) is 18.4 Å². The predicted octanol–water partition coefficient (Wildman–Crippen LogP) is 5.29. The third kappa shape index (κ3) is 4.08. The Balaban J connectivity index is 1.20. The van der Waals surface area contributed by atoms with E-state index in [2.05, 4.69) is 10.3 Å². The summed E-state index contributed by atoms with van der Waals surface area (Å²) in [5.74, 6) is -0.149. The average Bonchev–Trinajstić information content (AvgIpc) is 3.40. The lowest BCUT2D eigenvalue weighted by molar-refractivity contribution is -0.155. The Morgan fingerprint density at radius 3 is 2.49 bits per heavy atom. The summed E-state index contributed by atoms with van der Waals surface area (Å²) in [7, 11) is 0. The average molecular weight is 532 g/mol. The van der Waals surface area contributed by atoms with Crippen molar-refractivity contribution in [3.05, 3.63) is 88.6 Å². The molecule has 0 unspecified atom stereocenters. The number of benzene rings is 2. The third-order valence-electron chi connectivity index (χ3n) is 8.88. The molecular formula is C31H31F2N3O3. The first-order valence-electron chi connectivity index (χ1n) is 13.3. The first-order valence-corrected chi connectivity index (χ1v) is 13.3. The number of aromatic nitrogens is 1. The number of nitrogens with zero attached hydrogens (tertiary/aromatic N) is 2. The van der Waals surface area contributed by atoms with Crippen molar-refractivity contribution in [2.45, 2.75) is 57.4 Å². The Kier molecular flexibility index (Phi) is 5.79. The molecule has 0 radical (unpaired) electrons. The maximum atomic E-state index is 14.1. The van der Waals surface area contributed by atoms with Crippen LogP contribution in [0.25, 0.3) is 0 Å². The van der Waals surface area contributed by atoms with Crippen LogP contribution < -0.4 is 10.1 Å². The molecule has 2 aromatic carbocycles. The van der Waals surface area contributed by atoms with Crippen LogP contribution in [0.15, 0.2) is 54.7 Å². The van der Waals surface area contributed by atoms with Crippen molar-refractivity contribution >= 4 is 17.6 Å². The molecule has 39 heavy (non-hydrogen) atoms. The fraction of sp³-hybridized carbons (Fsp3) is 0.387. The minimum absolute atomic E-state index is 0.0332. The summed E-state index contributed by atoms with van der Waals surface area (Å²) in [5.41, 5.74) is 1.42. The van der Waals surface area contributed by atoms with E-state index in [-0.39, 0.29) is 25.0 Å². The quantitative estimate of drug-likeness (QED) is 0.486. The molecule has 6 nitrogen and oxygen atoms in total. The van der Waals surface area contributed by atoms with E-state index in [1.165, 1.54) is 12.1 Å². The van der Waals surface area contributed by atoms with E-state index in [4.69, 9.17) is 4.74 Å². The van der Waals surface area contributed by atoms with Crippen molar-refractivity contribution in [1.29, 1.82) is 0 Å². The Labute approximate surface area is 226 Å². The van der Waals surface area contributed by atoms with E-state index in [1.807, 2.05) is 51.1 Å². The molecule has 3 aromatic rings. The Morgan fingerprint density at radius 2 is 1.72 bits per heavy atom. The Morgan fingerprint density at radius 1 is 0.974 bits per heavy atom. The van der Waals surface area contributed by atoms with Gasteiger partial charge in [-0.2, -0.15) is 0 Å². The minimum atomic E-state index is -0.861. The van der Waals surface area contributed by atoms with Gasteiger partial charge in [0, 0.05) is 23.2 Å². The highest BCUT2D eigenvalue weighted by Gasteiger charge is 2.51. The third-order valence-corrected chi connectivity index (χ3v) is 8.88. The molecule has 2 amide bonds. The van der Waals surface area contributed by atoms with Crippen LogP contribution in [0.3, 0.4) is 0 Å². The molecule has 0 saturated carbocycles.